The highest BCUT2D eigenvalue weighted by molar-refractivity contribution is 5.88. The molecule has 0 saturated heterocycles. The van der Waals surface area contributed by atoms with Crippen LogP contribution in [0.15, 0.2) is 36.8 Å². The lowest BCUT2D eigenvalue weighted by Crippen LogP contribution is -1.95. The van der Waals surface area contributed by atoms with Gasteiger partial charge in [0.2, 0.25) is 5.82 Å². The molecule has 0 fully saturated rings. The van der Waals surface area contributed by atoms with Crippen molar-refractivity contribution in [2.24, 2.45) is 0 Å². The number of H-pyrrole nitrogens is 1. The van der Waals surface area contributed by atoms with Gasteiger partial charge in [-0.3, -0.25) is 9.97 Å². The van der Waals surface area contributed by atoms with Gasteiger partial charge in [-0.2, -0.15) is 10.5 Å². The van der Waals surface area contributed by atoms with Crippen LogP contribution in [0.3, 0.4) is 0 Å². The number of fused-ring (bicyclic) bond motifs is 1. The number of hydrogen-bond donors (Lipinski definition) is 2. The minimum atomic E-state index is 0.228. The first-order chi connectivity index (χ1) is 9.88. The highest BCUT2D eigenvalue weighted by atomic mass is 15.5. The molecule has 0 bridgehead atoms. The first kappa shape index (κ1) is 11.7. The second-order valence-electron chi connectivity index (χ2n) is 3.78. The third-order valence-electron chi connectivity index (χ3n) is 2.58. The minimum absolute atomic E-state index is 0.228. The van der Waals surface area contributed by atoms with Gasteiger partial charge in [0.15, 0.2) is 0 Å². The van der Waals surface area contributed by atoms with Crippen molar-refractivity contribution >= 4 is 22.3 Å². The van der Waals surface area contributed by atoms with Gasteiger partial charge in [-0.1, -0.05) is 6.07 Å². The van der Waals surface area contributed by atoms with E-state index in [9.17, 15) is 0 Å². The zero-order chi connectivity index (χ0) is 13.8. The zero-order valence-corrected chi connectivity index (χ0v) is 10.1. The zero-order valence-electron chi connectivity index (χ0n) is 10.1. The predicted octanol–water partition coefficient (Wildman–Crippen LogP) is 1.12. The second-order valence-corrected chi connectivity index (χ2v) is 3.78. The van der Waals surface area contributed by atoms with Crippen molar-refractivity contribution in [3.05, 3.63) is 42.6 Å². The lowest BCUT2D eigenvalue weighted by Gasteiger charge is -2.04. The molecule has 0 aliphatic carbocycles. The minimum Gasteiger partial charge on any atom is -0.358 e. The molecule has 0 aliphatic heterocycles. The molecule has 1 aromatic carbocycles. The van der Waals surface area contributed by atoms with Crippen molar-refractivity contribution in [2.45, 2.75) is 0 Å². The lowest BCUT2D eigenvalue weighted by molar-refractivity contribution is 0.881. The maximum atomic E-state index is 9.08. The van der Waals surface area contributed by atoms with Crippen molar-refractivity contribution in [3.8, 4) is 6.07 Å². The van der Waals surface area contributed by atoms with Crippen LogP contribution in [0.4, 0.5) is 5.69 Å². The molecule has 20 heavy (non-hydrogen) atoms. The maximum absolute atomic E-state index is 9.08. The van der Waals surface area contributed by atoms with Crippen LogP contribution in [0.2, 0.25) is 0 Å². The molecule has 0 unspecified atom stereocenters. The van der Waals surface area contributed by atoms with Gasteiger partial charge in [-0.05, 0) is 17.3 Å². The SMILES string of the molecule is N#CC(=CNc1cccc2nccnc12)c1nn[nH]n1. The number of allylic oxidation sites excluding steroid dienone is 1. The number of para-hydroxylation sites is 1. The summed E-state index contributed by atoms with van der Waals surface area (Å²) in [6, 6.07) is 7.56. The van der Waals surface area contributed by atoms with E-state index in [1.165, 1.54) is 6.20 Å². The topological polar surface area (TPSA) is 116 Å². The Morgan fingerprint density at radius 1 is 1.30 bits per heavy atom. The van der Waals surface area contributed by atoms with E-state index in [1.54, 1.807) is 12.4 Å². The van der Waals surface area contributed by atoms with Gasteiger partial charge >= 0.3 is 0 Å². The van der Waals surface area contributed by atoms with Crippen molar-refractivity contribution in [1.29, 1.82) is 5.26 Å². The Balaban J connectivity index is 1.96. The summed E-state index contributed by atoms with van der Waals surface area (Å²) >= 11 is 0. The summed E-state index contributed by atoms with van der Waals surface area (Å²) in [7, 11) is 0. The number of nitriles is 1. The molecule has 3 aromatic rings. The standard InChI is InChI=1S/C12H8N8/c13-6-8(12-17-19-20-18-12)7-16-10-3-1-2-9-11(10)15-5-4-14-9/h1-5,7,16H,(H,17,18,19,20). The van der Waals surface area contributed by atoms with Crippen LogP contribution in [0.25, 0.3) is 16.6 Å². The summed E-state index contributed by atoms with van der Waals surface area (Å²) in [6.45, 7) is 0. The average Bonchev–Trinajstić information content (AvgIpc) is 3.02. The van der Waals surface area contributed by atoms with E-state index in [2.05, 4.69) is 35.9 Å². The van der Waals surface area contributed by atoms with Crippen LogP contribution in [0, 0.1) is 11.3 Å². The summed E-state index contributed by atoms with van der Waals surface area (Å²) in [5.74, 6) is 0.228. The van der Waals surface area contributed by atoms with E-state index in [0.717, 1.165) is 16.7 Å². The number of benzene rings is 1. The molecule has 8 nitrogen and oxygen atoms in total. The highest BCUT2D eigenvalue weighted by Crippen LogP contribution is 2.19. The number of aromatic nitrogens is 6. The third kappa shape index (κ3) is 2.15. The molecule has 0 aliphatic rings. The van der Waals surface area contributed by atoms with Crippen LogP contribution in [0.5, 0.6) is 0 Å². The Labute approximate surface area is 113 Å². The van der Waals surface area contributed by atoms with Gasteiger partial charge in [0.05, 0.1) is 11.2 Å². The fraction of sp³-hybridized carbons (Fsp3) is 0. The summed E-state index contributed by atoms with van der Waals surface area (Å²) in [4.78, 5) is 8.47. The molecule has 2 N–H and O–H groups in total. The predicted molar refractivity (Wildman–Crippen MR) is 70.9 cm³/mol. The van der Waals surface area contributed by atoms with Crippen molar-refractivity contribution < 1.29 is 0 Å². The Bertz CT molecular complexity index is 794. The fourth-order valence-corrected chi connectivity index (χ4v) is 1.68. The summed E-state index contributed by atoms with van der Waals surface area (Å²) in [5, 5.41) is 25.3. The van der Waals surface area contributed by atoms with Gasteiger partial charge in [-0.15, -0.1) is 10.2 Å². The number of tetrazole rings is 1. The normalized spacial score (nSPS) is 11.2. The van der Waals surface area contributed by atoms with E-state index >= 15 is 0 Å². The van der Waals surface area contributed by atoms with E-state index in [1.807, 2.05) is 24.3 Å². The Morgan fingerprint density at radius 2 is 2.20 bits per heavy atom. The summed E-state index contributed by atoms with van der Waals surface area (Å²) in [5.41, 5.74) is 2.49. The number of aromatic amines is 1. The van der Waals surface area contributed by atoms with E-state index in [4.69, 9.17) is 5.26 Å². The van der Waals surface area contributed by atoms with Crippen molar-refractivity contribution in [3.63, 3.8) is 0 Å². The number of hydrogen-bond acceptors (Lipinski definition) is 7. The lowest BCUT2D eigenvalue weighted by atomic mass is 10.2. The molecular weight excluding hydrogens is 256 g/mol. The van der Waals surface area contributed by atoms with Gasteiger partial charge in [0.1, 0.15) is 17.2 Å². The molecule has 0 amide bonds. The molecule has 8 heteroatoms. The number of anilines is 1. The molecule has 2 heterocycles. The summed E-state index contributed by atoms with van der Waals surface area (Å²) in [6.07, 6.45) is 4.75. The monoisotopic (exact) mass is 264 g/mol. The maximum Gasteiger partial charge on any atom is 0.216 e. The van der Waals surface area contributed by atoms with Gasteiger partial charge in [-0.25, -0.2) is 0 Å². The van der Waals surface area contributed by atoms with Crippen molar-refractivity contribution in [1.82, 2.24) is 30.6 Å². The number of rotatable bonds is 3. The molecule has 0 atom stereocenters. The van der Waals surface area contributed by atoms with E-state index in [0.29, 0.717) is 0 Å². The van der Waals surface area contributed by atoms with Crippen LogP contribution in [0.1, 0.15) is 5.82 Å². The molecular formula is C12H8N8. The largest absolute Gasteiger partial charge is 0.358 e. The highest BCUT2D eigenvalue weighted by Gasteiger charge is 2.06. The second kappa shape index (κ2) is 5.11. The Kier molecular flexibility index (Phi) is 3.00. The molecule has 0 saturated carbocycles. The van der Waals surface area contributed by atoms with E-state index < -0.39 is 0 Å². The first-order valence-electron chi connectivity index (χ1n) is 5.69. The molecule has 3 rings (SSSR count). The first-order valence-corrected chi connectivity index (χ1v) is 5.69. The third-order valence-corrected chi connectivity index (χ3v) is 2.58. The van der Waals surface area contributed by atoms with Crippen LogP contribution < -0.4 is 5.32 Å². The molecule has 2 aromatic heterocycles. The van der Waals surface area contributed by atoms with Gasteiger partial charge in [0, 0.05) is 18.6 Å². The Morgan fingerprint density at radius 3 is 3.00 bits per heavy atom. The van der Waals surface area contributed by atoms with E-state index in [-0.39, 0.29) is 11.4 Å². The van der Waals surface area contributed by atoms with Crippen molar-refractivity contribution in [2.75, 3.05) is 5.32 Å². The molecule has 0 radical (unpaired) electrons. The average molecular weight is 264 g/mol. The van der Waals surface area contributed by atoms with Gasteiger partial charge < -0.3 is 5.32 Å². The van der Waals surface area contributed by atoms with Gasteiger partial charge in [0.25, 0.3) is 0 Å². The summed E-state index contributed by atoms with van der Waals surface area (Å²) < 4.78 is 0. The van der Waals surface area contributed by atoms with Crippen LogP contribution in [-0.2, 0) is 0 Å². The molecule has 96 valence electrons. The quantitative estimate of drug-likeness (QED) is 0.681. The molecule has 0 spiro atoms. The number of nitrogens with one attached hydrogen (secondary N) is 2. The number of nitrogens with zero attached hydrogens (tertiary/aromatic N) is 6. The smallest absolute Gasteiger partial charge is 0.216 e. The van der Waals surface area contributed by atoms with Crippen LogP contribution >= 0.6 is 0 Å². The van der Waals surface area contributed by atoms with Crippen LogP contribution in [-0.4, -0.2) is 30.6 Å². The Hall–Kier alpha value is -3.34. The fourth-order valence-electron chi connectivity index (χ4n) is 1.68.